The topological polar surface area (TPSA) is 50.3 Å². The zero-order valence-corrected chi connectivity index (χ0v) is 18.1. The fourth-order valence-corrected chi connectivity index (χ4v) is 3.99. The van der Waals surface area contributed by atoms with Crippen LogP contribution < -0.4 is 10.1 Å². The Kier molecular flexibility index (Phi) is 7.98. The second kappa shape index (κ2) is 10.7. The lowest BCUT2D eigenvalue weighted by Gasteiger charge is -2.32. The number of rotatable bonds is 9. The van der Waals surface area contributed by atoms with E-state index in [0.29, 0.717) is 6.10 Å². The SMILES string of the molecule is CCCSc1ccnc(NCCN2CCC(Oc3ccc(C)c(C)c3)CC2)n1. The monoisotopic (exact) mass is 400 g/mol. The highest BCUT2D eigenvalue weighted by Gasteiger charge is 2.20. The highest BCUT2D eigenvalue weighted by Crippen LogP contribution is 2.22. The van der Waals surface area contributed by atoms with Crippen molar-refractivity contribution in [3.63, 3.8) is 0 Å². The third-order valence-corrected chi connectivity index (χ3v) is 6.25. The van der Waals surface area contributed by atoms with E-state index in [2.05, 4.69) is 59.2 Å². The molecule has 0 saturated carbocycles. The molecule has 0 spiro atoms. The van der Waals surface area contributed by atoms with Gasteiger partial charge in [-0.05, 0) is 68.2 Å². The van der Waals surface area contributed by atoms with E-state index < -0.39 is 0 Å². The Balaban J connectivity index is 1.37. The summed E-state index contributed by atoms with van der Waals surface area (Å²) in [4.78, 5) is 11.4. The molecule has 1 N–H and O–H groups in total. The van der Waals surface area contributed by atoms with Crippen LogP contribution in [0.1, 0.15) is 37.3 Å². The van der Waals surface area contributed by atoms with E-state index in [1.807, 2.05) is 12.3 Å². The summed E-state index contributed by atoms with van der Waals surface area (Å²) in [5.41, 5.74) is 2.61. The Labute approximate surface area is 173 Å². The van der Waals surface area contributed by atoms with Gasteiger partial charge in [0, 0.05) is 32.4 Å². The molecule has 0 bridgehead atoms. The molecule has 0 amide bonds. The van der Waals surface area contributed by atoms with Crippen LogP contribution in [0.4, 0.5) is 5.95 Å². The first-order valence-corrected chi connectivity index (χ1v) is 11.3. The number of thioether (sulfide) groups is 1. The van der Waals surface area contributed by atoms with Crippen LogP contribution in [0.3, 0.4) is 0 Å². The van der Waals surface area contributed by atoms with Gasteiger partial charge in [-0.2, -0.15) is 0 Å². The molecular formula is C22H32N4OS. The minimum Gasteiger partial charge on any atom is -0.490 e. The maximum absolute atomic E-state index is 6.19. The molecule has 2 heterocycles. The van der Waals surface area contributed by atoms with Gasteiger partial charge >= 0.3 is 0 Å². The van der Waals surface area contributed by atoms with Crippen LogP contribution >= 0.6 is 11.8 Å². The van der Waals surface area contributed by atoms with Gasteiger partial charge in [-0.3, -0.25) is 0 Å². The molecule has 152 valence electrons. The smallest absolute Gasteiger partial charge is 0.223 e. The maximum atomic E-state index is 6.19. The Morgan fingerprint density at radius 1 is 1.18 bits per heavy atom. The van der Waals surface area contributed by atoms with E-state index >= 15 is 0 Å². The Hall–Kier alpha value is -1.79. The summed E-state index contributed by atoms with van der Waals surface area (Å²) in [7, 11) is 0. The Bertz CT molecular complexity index is 747. The van der Waals surface area contributed by atoms with Gasteiger partial charge in [0.1, 0.15) is 16.9 Å². The molecule has 0 atom stereocenters. The van der Waals surface area contributed by atoms with Crippen molar-refractivity contribution in [2.75, 3.05) is 37.2 Å². The van der Waals surface area contributed by atoms with Crippen molar-refractivity contribution in [3.05, 3.63) is 41.6 Å². The average Bonchev–Trinajstić information content (AvgIpc) is 2.71. The standard InChI is InChI=1S/C22H32N4OS/c1-4-15-28-21-7-10-23-22(25-21)24-11-14-26-12-8-19(9-13-26)27-20-6-5-17(2)18(3)16-20/h5-7,10,16,19H,4,8-9,11-15H2,1-3H3,(H,23,24,25). The van der Waals surface area contributed by atoms with E-state index in [4.69, 9.17) is 4.74 Å². The number of aryl methyl sites for hydroxylation is 2. The van der Waals surface area contributed by atoms with Crippen LogP contribution in [-0.2, 0) is 0 Å². The lowest BCUT2D eigenvalue weighted by atomic mass is 10.1. The maximum Gasteiger partial charge on any atom is 0.223 e. The van der Waals surface area contributed by atoms with E-state index in [0.717, 1.165) is 67.9 Å². The van der Waals surface area contributed by atoms with Gasteiger partial charge in [-0.25, -0.2) is 9.97 Å². The zero-order chi connectivity index (χ0) is 19.8. The quantitative estimate of drug-likeness (QED) is 0.492. The predicted molar refractivity (Wildman–Crippen MR) is 118 cm³/mol. The van der Waals surface area contributed by atoms with Crippen LogP contribution in [0.25, 0.3) is 0 Å². The fourth-order valence-electron chi connectivity index (χ4n) is 3.27. The van der Waals surface area contributed by atoms with Crippen LogP contribution in [0, 0.1) is 13.8 Å². The summed E-state index contributed by atoms with van der Waals surface area (Å²) in [6.45, 7) is 10.5. The van der Waals surface area contributed by atoms with Gasteiger partial charge in [0.2, 0.25) is 5.95 Å². The molecule has 3 rings (SSSR count). The fraction of sp³-hybridized carbons (Fsp3) is 0.545. The van der Waals surface area contributed by atoms with Gasteiger partial charge in [-0.15, -0.1) is 11.8 Å². The number of piperidine rings is 1. The number of anilines is 1. The number of nitrogens with one attached hydrogen (secondary N) is 1. The molecule has 1 aromatic heterocycles. The molecular weight excluding hydrogens is 368 g/mol. The van der Waals surface area contributed by atoms with Crippen molar-refractivity contribution >= 4 is 17.7 Å². The molecule has 1 fully saturated rings. The molecule has 28 heavy (non-hydrogen) atoms. The van der Waals surface area contributed by atoms with Crippen molar-refractivity contribution in [1.82, 2.24) is 14.9 Å². The van der Waals surface area contributed by atoms with Gasteiger partial charge in [0.15, 0.2) is 0 Å². The lowest BCUT2D eigenvalue weighted by molar-refractivity contribution is 0.103. The Morgan fingerprint density at radius 2 is 2.00 bits per heavy atom. The molecule has 0 radical (unpaired) electrons. The largest absolute Gasteiger partial charge is 0.490 e. The third kappa shape index (κ3) is 6.38. The number of hydrogen-bond donors (Lipinski definition) is 1. The predicted octanol–water partition coefficient (Wildman–Crippen LogP) is 4.55. The second-order valence-corrected chi connectivity index (χ2v) is 8.51. The van der Waals surface area contributed by atoms with Crippen molar-refractivity contribution in [1.29, 1.82) is 0 Å². The minimum absolute atomic E-state index is 0.321. The summed E-state index contributed by atoms with van der Waals surface area (Å²) in [6, 6.07) is 8.36. The van der Waals surface area contributed by atoms with E-state index in [9.17, 15) is 0 Å². The first-order valence-electron chi connectivity index (χ1n) is 10.3. The Morgan fingerprint density at radius 3 is 2.75 bits per heavy atom. The molecule has 5 nitrogen and oxygen atoms in total. The molecule has 1 aliphatic heterocycles. The highest BCUT2D eigenvalue weighted by molar-refractivity contribution is 7.99. The number of benzene rings is 1. The number of aromatic nitrogens is 2. The second-order valence-electron chi connectivity index (χ2n) is 7.40. The number of hydrogen-bond acceptors (Lipinski definition) is 6. The first kappa shape index (κ1) is 20.9. The van der Waals surface area contributed by atoms with Gasteiger partial charge in [-0.1, -0.05) is 13.0 Å². The summed E-state index contributed by atoms with van der Waals surface area (Å²) in [5, 5.41) is 4.41. The molecule has 1 aromatic carbocycles. The number of ether oxygens (including phenoxy) is 1. The molecule has 6 heteroatoms. The zero-order valence-electron chi connectivity index (χ0n) is 17.3. The van der Waals surface area contributed by atoms with E-state index in [1.165, 1.54) is 11.1 Å². The summed E-state index contributed by atoms with van der Waals surface area (Å²) < 4.78 is 6.19. The van der Waals surface area contributed by atoms with Gasteiger partial charge < -0.3 is 15.0 Å². The van der Waals surface area contributed by atoms with Crippen molar-refractivity contribution in [2.45, 2.75) is 51.2 Å². The van der Waals surface area contributed by atoms with E-state index in [1.54, 1.807) is 11.8 Å². The summed E-state index contributed by atoms with van der Waals surface area (Å²) in [5.74, 6) is 2.82. The van der Waals surface area contributed by atoms with Crippen molar-refractivity contribution < 1.29 is 4.74 Å². The normalized spacial score (nSPS) is 15.5. The molecule has 2 aromatic rings. The van der Waals surface area contributed by atoms with Crippen LogP contribution in [0.2, 0.25) is 0 Å². The molecule has 1 saturated heterocycles. The molecule has 0 unspecified atom stereocenters. The number of likely N-dealkylation sites (tertiary alicyclic amines) is 1. The molecule has 0 aliphatic carbocycles. The van der Waals surface area contributed by atoms with Crippen LogP contribution in [-0.4, -0.2) is 52.9 Å². The van der Waals surface area contributed by atoms with Crippen molar-refractivity contribution in [2.24, 2.45) is 0 Å². The number of nitrogens with zero attached hydrogens (tertiary/aromatic N) is 3. The van der Waals surface area contributed by atoms with Gasteiger partial charge in [0.25, 0.3) is 0 Å². The minimum atomic E-state index is 0.321. The lowest BCUT2D eigenvalue weighted by Crippen LogP contribution is -2.40. The van der Waals surface area contributed by atoms with Gasteiger partial charge in [0.05, 0.1) is 0 Å². The third-order valence-electron chi connectivity index (χ3n) is 5.11. The van der Waals surface area contributed by atoms with Crippen LogP contribution in [0.15, 0.2) is 35.5 Å². The van der Waals surface area contributed by atoms with Crippen LogP contribution in [0.5, 0.6) is 5.75 Å². The highest BCUT2D eigenvalue weighted by atomic mass is 32.2. The van der Waals surface area contributed by atoms with E-state index in [-0.39, 0.29) is 0 Å². The van der Waals surface area contributed by atoms with Crippen molar-refractivity contribution in [3.8, 4) is 5.75 Å². The summed E-state index contributed by atoms with van der Waals surface area (Å²) >= 11 is 1.78. The first-order chi connectivity index (χ1) is 13.6. The average molecular weight is 401 g/mol. The summed E-state index contributed by atoms with van der Waals surface area (Å²) in [6.07, 6.45) is 5.46. The molecule has 1 aliphatic rings.